The molecule has 0 atom stereocenters. The molecule has 1 amide bonds. The lowest BCUT2D eigenvalue weighted by molar-refractivity contribution is -0.126. The summed E-state index contributed by atoms with van der Waals surface area (Å²) < 4.78 is 31.7. The zero-order valence-corrected chi connectivity index (χ0v) is 17.7. The largest absolute Gasteiger partial charge is 0.508 e. The van der Waals surface area contributed by atoms with Crippen molar-refractivity contribution < 1.29 is 23.1 Å². The van der Waals surface area contributed by atoms with Crippen LogP contribution in [0.3, 0.4) is 0 Å². The van der Waals surface area contributed by atoms with Gasteiger partial charge in [-0.05, 0) is 55.1 Å². The summed E-state index contributed by atoms with van der Waals surface area (Å²) in [6, 6.07) is 11.7. The van der Waals surface area contributed by atoms with Gasteiger partial charge in [0, 0.05) is 37.9 Å². The van der Waals surface area contributed by atoms with Gasteiger partial charge in [0.15, 0.2) is 0 Å². The van der Waals surface area contributed by atoms with Crippen molar-refractivity contribution in [3.05, 3.63) is 54.1 Å². The minimum Gasteiger partial charge on any atom is -0.508 e. The highest BCUT2D eigenvalue weighted by atomic mass is 32.2. The van der Waals surface area contributed by atoms with Gasteiger partial charge in [0.25, 0.3) is 0 Å². The van der Waals surface area contributed by atoms with Crippen LogP contribution in [0.2, 0.25) is 0 Å². The van der Waals surface area contributed by atoms with E-state index >= 15 is 0 Å². The maximum atomic E-state index is 12.6. The first-order valence-electron chi connectivity index (χ1n) is 9.46. The summed E-state index contributed by atoms with van der Waals surface area (Å²) in [6.45, 7) is 2.53. The Morgan fingerprint density at radius 2 is 1.77 bits per heavy atom. The Labute approximate surface area is 176 Å². The molecule has 0 radical (unpaired) electrons. The standard InChI is InChI=1S/C21H25N3O5S/c1-22-30(27,28)20-15-16(3-9-19(20)29-2)4-10-21(26)24-13-11-23(12-14-24)17-5-7-18(25)8-6-17/h3-10,15,22,25H,11-14H2,1-2H3. The quantitative estimate of drug-likeness (QED) is 0.675. The van der Waals surface area contributed by atoms with Gasteiger partial charge in [-0.2, -0.15) is 0 Å². The molecule has 0 spiro atoms. The summed E-state index contributed by atoms with van der Waals surface area (Å²) in [7, 11) is -0.948. The minimum atomic E-state index is -3.68. The highest BCUT2D eigenvalue weighted by molar-refractivity contribution is 7.89. The Balaban J connectivity index is 1.65. The SMILES string of the molecule is CNS(=O)(=O)c1cc(C=CC(=O)N2CCN(c3ccc(O)cc3)CC2)ccc1OC. The van der Waals surface area contributed by atoms with Crippen molar-refractivity contribution in [1.29, 1.82) is 0 Å². The summed E-state index contributed by atoms with van der Waals surface area (Å²) in [6.07, 6.45) is 3.05. The number of phenolic OH excluding ortho intramolecular Hbond substituents is 1. The molecule has 0 unspecified atom stereocenters. The van der Waals surface area contributed by atoms with Gasteiger partial charge in [0.1, 0.15) is 16.4 Å². The molecule has 2 N–H and O–H groups in total. The van der Waals surface area contributed by atoms with Crippen LogP contribution in [0.15, 0.2) is 53.4 Å². The molecule has 1 saturated heterocycles. The van der Waals surface area contributed by atoms with E-state index in [1.54, 1.807) is 35.2 Å². The highest BCUT2D eigenvalue weighted by Crippen LogP contribution is 2.25. The fraction of sp³-hybridized carbons (Fsp3) is 0.286. The normalized spacial score (nSPS) is 14.9. The number of nitrogens with zero attached hydrogens (tertiary/aromatic N) is 2. The number of piperazine rings is 1. The molecule has 0 saturated carbocycles. The van der Waals surface area contributed by atoms with Crippen molar-refractivity contribution in [1.82, 2.24) is 9.62 Å². The van der Waals surface area contributed by atoms with Crippen molar-refractivity contribution in [2.24, 2.45) is 0 Å². The first-order valence-corrected chi connectivity index (χ1v) is 10.9. The van der Waals surface area contributed by atoms with Crippen molar-refractivity contribution in [3.63, 3.8) is 0 Å². The summed E-state index contributed by atoms with van der Waals surface area (Å²) in [5.41, 5.74) is 1.59. The van der Waals surface area contributed by atoms with E-state index in [0.29, 0.717) is 31.7 Å². The van der Waals surface area contributed by atoms with Crippen LogP contribution in [0.1, 0.15) is 5.56 Å². The van der Waals surface area contributed by atoms with E-state index in [9.17, 15) is 18.3 Å². The molecular weight excluding hydrogens is 406 g/mol. The van der Waals surface area contributed by atoms with Crippen molar-refractivity contribution >= 4 is 27.7 Å². The lowest BCUT2D eigenvalue weighted by Crippen LogP contribution is -2.48. The van der Waals surface area contributed by atoms with Crippen LogP contribution in [0.25, 0.3) is 6.08 Å². The lowest BCUT2D eigenvalue weighted by atomic mass is 10.2. The highest BCUT2D eigenvalue weighted by Gasteiger charge is 2.20. The molecule has 0 aliphatic carbocycles. The summed E-state index contributed by atoms with van der Waals surface area (Å²) in [5.74, 6) is 0.328. The van der Waals surface area contributed by atoms with Gasteiger partial charge < -0.3 is 19.6 Å². The number of carbonyl (C=O) groups excluding carboxylic acids is 1. The smallest absolute Gasteiger partial charge is 0.246 e. The number of phenols is 1. The van der Waals surface area contributed by atoms with E-state index in [2.05, 4.69) is 9.62 Å². The van der Waals surface area contributed by atoms with Crippen LogP contribution in [0.4, 0.5) is 5.69 Å². The maximum absolute atomic E-state index is 12.6. The second-order valence-electron chi connectivity index (χ2n) is 6.78. The number of carbonyl (C=O) groups is 1. The van der Waals surface area contributed by atoms with Crippen molar-refractivity contribution in [2.75, 3.05) is 45.2 Å². The summed E-state index contributed by atoms with van der Waals surface area (Å²) >= 11 is 0. The average Bonchev–Trinajstić information content (AvgIpc) is 2.78. The summed E-state index contributed by atoms with van der Waals surface area (Å²) in [4.78, 5) is 16.5. The molecule has 9 heteroatoms. The zero-order chi connectivity index (χ0) is 21.7. The second kappa shape index (κ2) is 9.19. The predicted molar refractivity (Wildman–Crippen MR) is 115 cm³/mol. The molecular formula is C21H25N3O5S. The Kier molecular flexibility index (Phi) is 6.63. The third kappa shape index (κ3) is 4.92. The van der Waals surface area contributed by atoms with Gasteiger partial charge in [-0.25, -0.2) is 13.1 Å². The number of hydrogen-bond acceptors (Lipinski definition) is 6. The molecule has 1 fully saturated rings. The van der Waals surface area contributed by atoms with Gasteiger partial charge in [-0.3, -0.25) is 4.79 Å². The molecule has 8 nitrogen and oxygen atoms in total. The van der Waals surface area contributed by atoms with Gasteiger partial charge in [-0.15, -0.1) is 0 Å². The van der Waals surface area contributed by atoms with E-state index < -0.39 is 10.0 Å². The van der Waals surface area contributed by atoms with E-state index in [4.69, 9.17) is 4.74 Å². The van der Waals surface area contributed by atoms with Gasteiger partial charge in [0.05, 0.1) is 7.11 Å². The summed E-state index contributed by atoms with van der Waals surface area (Å²) in [5, 5.41) is 9.41. The number of nitrogens with one attached hydrogen (secondary N) is 1. The molecule has 1 aliphatic heterocycles. The topological polar surface area (TPSA) is 99.2 Å². The molecule has 1 heterocycles. The van der Waals surface area contributed by atoms with Gasteiger partial charge >= 0.3 is 0 Å². The predicted octanol–water partition coefficient (Wildman–Crippen LogP) is 1.67. The molecule has 30 heavy (non-hydrogen) atoms. The number of sulfonamides is 1. The molecule has 2 aromatic carbocycles. The molecule has 0 aromatic heterocycles. The number of hydrogen-bond donors (Lipinski definition) is 2. The van der Waals surface area contributed by atoms with E-state index in [0.717, 1.165) is 5.69 Å². The maximum Gasteiger partial charge on any atom is 0.246 e. The van der Waals surface area contributed by atoms with Crippen molar-refractivity contribution in [3.8, 4) is 11.5 Å². The molecule has 1 aliphatic rings. The number of anilines is 1. The third-order valence-electron chi connectivity index (χ3n) is 4.97. The fourth-order valence-electron chi connectivity index (χ4n) is 3.24. The zero-order valence-electron chi connectivity index (χ0n) is 16.9. The van der Waals surface area contributed by atoms with Crippen LogP contribution in [-0.4, -0.2) is 64.7 Å². The second-order valence-corrected chi connectivity index (χ2v) is 8.63. The average molecular weight is 432 g/mol. The van der Waals surface area contributed by atoms with E-state index in [1.165, 1.54) is 26.3 Å². The first-order chi connectivity index (χ1) is 14.3. The number of benzene rings is 2. The molecule has 160 valence electrons. The van der Waals surface area contributed by atoms with Crippen LogP contribution in [0.5, 0.6) is 11.5 Å². The van der Waals surface area contributed by atoms with E-state index in [-0.39, 0.29) is 22.3 Å². The van der Waals surface area contributed by atoms with Gasteiger partial charge in [-0.1, -0.05) is 6.07 Å². The van der Waals surface area contributed by atoms with Crippen LogP contribution in [0, 0.1) is 0 Å². The Hall–Kier alpha value is -3.04. The van der Waals surface area contributed by atoms with Crippen LogP contribution < -0.4 is 14.4 Å². The first kappa shape index (κ1) is 21.7. The number of rotatable bonds is 6. The molecule has 3 rings (SSSR count). The Morgan fingerprint density at radius 3 is 2.37 bits per heavy atom. The molecule has 0 bridgehead atoms. The number of amides is 1. The van der Waals surface area contributed by atoms with Crippen LogP contribution in [-0.2, 0) is 14.8 Å². The van der Waals surface area contributed by atoms with Gasteiger partial charge in [0.2, 0.25) is 15.9 Å². The van der Waals surface area contributed by atoms with Crippen LogP contribution >= 0.6 is 0 Å². The Morgan fingerprint density at radius 1 is 1.10 bits per heavy atom. The van der Waals surface area contributed by atoms with Crippen molar-refractivity contribution in [2.45, 2.75) is 4.90 Å². The fourth-order valence-corrected chi connectivity index (χ4v) is 4.17. The third-order valence-corrected chi connectivity index (χ3v) is 6.41. The monoisotopic (exact) mass is 431 g/mol. The Bertz CT molecular complexity index is 1030. The number of methoxy groups -OCH3 is 1. The number of ether oxygens (including phenoxy) is 1. The van der Waals surface area contributed by atoms with E-state index in [1.807, 2.05) is 12.1 Å². The molecule has 2 aromatic rings. The lowest BCUT2D eigenvalue weighted by Gasteiger charge is -2.35. The number of aromatic hydroxyl groups is 1. The minimum absolute atomic E-state index is 0.0182.